The summed E-state index contributed by atoms with van der Waals surface area (Å²) in [5, 5.41) is 23.9. The quantitative estimate of drug-likeness (QED) is 0.621. The number of nitrogens with one attached hydrogen (secondary N) is 1. The molecule has 1 aromatic rings. The Morgan fingerprint density at radius 1 is 1.53 bits per heavy atom. The second-order valence-electron chi connectivity index (χ2n) is 4.98. The number of hydrogen-bond acceptors (Lipinski definition) is 5. The van der Waals surface area contributed by atoms with E-state index in [-0.39, 0.29) is 11.7 Å². The van der Waals surface area contributed by atoms with Crippen LogP contribution in [-0.2, 0) is 4.74 Å². The molecule has 2 atom stereocenters. The number of benzene rings is 1. The van der Waals surface area contributed by atoms with Crippen LogP contribution in [0, 0.1) is 10.1 Å². The molecule has 1 fully saturated rings. The Morgan fingerprint density at radius 3 is 2.74 bits per heavy atom. The molecule has 6 nitrogen and oxygen atoms in total. The van der Waals surface area contributed by atoms with Gasteiger partial charge in [-0.25, -0.2) is 0 Å². The summed E-state index contributed by atoms with van der Waals surface area (Å²) in [7, 11) is 0. The molecule has 2 N–H and O–H groups in total. The van der Waals surface area contributed by atoms with Crippen LogP contribution in [0.2, 0.25) is 0 Å². The van der Waals surface area contributed by atoms with Crippen LogP contribution in [0.3, 0.4) is 0 Å². The van der Waals surface area contributed by atoms with Crippen LogP contribution < -0.4 is 5.32 Å². The van der Waals surface area contributed by atoms with Gasteiger partial charge in [0.2, 0.25) is 0 Å². The average molecular weight is 266 g/mol. The van der Waals surface area contributed by atoms with Crippen molar-refractivity contribution in [2.24, 2.45) is 0 Å². The maximum Gasteiger partial charge on any atom is 0.269 e. The summed E-state index contributed by atoms with van der Waals surface area (Å²) < 4.78 is 5.18. The Balaban J connectivity index is 1.92. The molecule has 0 amide bonds. The standard InChI is InChI=1S/C13H18N2O4/c1-10(14-8-13(16)6-7-19-9-13)11-2-4-12(5-3-11)15(17)18/h2-5,10,14,16H,6-9H2,1H3/t10-,13+/m0/s1. The minimum atomic E-state index is -0.797. The molecule has 1 saturated heterocycles. The van der Waals surface area contributed by atoms with E-state index in [1.165, 1.54) is 12.1 Å². The molecule has 1 heterocycles. The van der Waals surface area contributed by atoms with Gasteiger partial charge in [0, 0.05) is 37.7 Å². The van der Waals surface area contributed by atoms with Gasteiger partial charge in [-0.15, -0.1) is 0 Å². The highest BCUT2D eigenvalue weighted by Gasteiger charge is 2.32. The highest BCUT2D eigenvalue weighted by atomic mass is 16.6. The van der Waals surface area contributed by atoms with Crippen LogP contribution in [0.4, 0.5) is 5.69 Å². The lowest BCUT2D eigenvalue weighted by molar-refractivity contribution is -0.384. The first kappa shape index (κ1) is 13.9. The first-order chi connectivity index (χ1) is 9.00. The number of nitro groups is 1. The van der Waals surface area contributed by atoms with Crippen LogP contribution in [0.25, 0.3) is 0 Å². The summed E-state index contributed by atoms with van der Waals surface area (Å²) in [5.74, 6) is 0. The first-order valence-electron chi connectivity index (χ1n) is 6.28. The predicted molar refractivity (Wildman–Crippen MR) is 69.9 cm³/mol. The summed E-state index contributed by atoms with van der Waals surface area (Å²) in [4.78, 5) is 10.2. The number of aliphatic hydroxyl groups is 1. The largest absolute Gasteiger partial charge is 0.386 e. The SMILES string of the molecule is C[C@H](NC[C@]1(O)CCOC1)c1ccc([N+](=O)[O-])cc1. The van der Waals surface area contributed by atoms with Crippen molar-refractivity contribution in [2.75, 3.05) is 19.8 Å². The van der Waals surface area contributed by atoms with E-state index in [1.54, 1.807) is 12.1 Å². The Bertz CT molecular complexity index is 440. The lowest BCUT2D eigenvalue weighted by atomic mass is 10.0. The van der Waals surface area contributed by atoms with Gasteiger partial charge in [-0.05, 0) is 12.5 Å². The zero-order valence-electron chi connectivity index (χ0n) is 10.8. The maximum absolute atomic E-state index is 10.6. The van der Waals surface area contributed by atoms with Crippen molar-refractivity contribution in [1.82, 2.24) is 5.32 Å². The fourth-order valence-corrected chi connectivity index (χ4v) is 2.08. The van der Waals surface area contributed by atoms with Crippen LogP contribution >= 0.6 is 0 Å². The Kier molecular flexibility index (Phi) is 4.14. The van der Waals surface area contributed by atoms with Gasteiger partial charge in [0.25, 0.3) is 5.69 Å². The van der Waals surface area contributed by atoms with Crippen LogP contribution in [-0.4, -0.2) is 35.4 Å². The highest BCUT2D eigenvalue weighted by molar-refractivity contribution is 5.34. The normalized spacial score (nSPS) is 24.3. The number of nitro benzene ring substituents is 1. The highest BCUT2D eigenvalue weighted by Crippen LogP contribution is 2.21. The zero-order valence-corrected chi connectivity index (χ0v) is 10.8. The van der Waals surface area contributed by atoms with E-state index in [4.69, 9.17) is 4.74 Å². The summed E-state index contributed by atoms with van der Waals surface area (Å²) in [6.45, 7) is 3.35. The zero-order chi connectivity index (χ0) is 13.9. The topological polar surface area (TPSA) is 84.6 Å². The van der Waals surface area contributed by atoms with Crippen molar-refractivity contribution >= 4 is 5.69 Å². The van der Waals surface area contributed by atoms with Crippen molar-refractivity contribution in [2.45, 2.75) is 25.0 Å². The molecule has 0 bridgehead atoms. The van der Waals surface area contributed by atoms with Gasteiger partial charge in [-0.1, -0.05) is 12.1 Å². The molecule has 1 aliphatic rings. The van der Waals surface area contributed by atoms with E-state index < -0.39 is 10.5 Å². The Morgan fingerprint density at radius 2 is 2.21 bits per heavy atom. The molecular formula is C13H18N2O4. The number of hydrogen-bond donors (Lipinski definition) is 2. The van der Waals surface area contributed by atoms with Crippen molar-refractivity contribution in [1.29, 1.82) is 0 Å². The molecule has 19 heavy (non-hydrogen) atoms. The molecule has 0 aliphatic carbocycles. The van der Waals surface area contributed by atoms with Gasteiger partial charge in [0.05, 0.1) is 11.5 Å². The lowest BCUT2D eigenvalue weighted by Gasteiger charge is -2.24. The lowest BCUT2D eigenvalue weighted by Crippen LogP contribution is -2.41. The van der Waals surface area contributed by atoms with E-state index in [2.05, 4.69) is 5.32 Å². The Labute approximate surface area is 111 Å². The van der Waals surface area contributed by atoms with Gasteiger partial charge < -0.3 is 15.2 Å². The third kappa shape index (κ3) is 3.50. The molecule has 1 aromatic carbocycles. The summed E-state index contributed by atoms with van der Waals surface area (Å²) in [6, 6.07) is 6.45. The molecule has 6 heteroatoms. The molecule has 1 aliphatic heterocycles. The van der Waals surface area contributed by atoms with Crippen LogP contribution in [0.1, 0.15) is 24.9 Å². The molecule has 0 spiro atoms. The van der Waals surface area contributed by atoms with Crippen molar-refractivity contribution < 1.29 is 14.8 Å². The molecule has 0 saturated carbocycles. The summed E-state index contributed by atoms with van der Waals surface area (Å²) >= 11 is 0. The maximum atomic E-state index is 10.6. The molecule has 0 unspecified atom stereocenters. The van der Waals surface area contributed by atoms with Crippen molar-refractivity contribution in [3.63, 3.8) is 0 Å². The molecule has 0 aromatic heterocycles. The third-order valence-corrected chi connectivity index (χ3v) is 3.42. The van der Waals surface area contributed by atoms with Gasteiger partial charge in [0.15, 0.2) is 0 Å². The number of ether oxygens (including phenoxy) is 1. The van der Waals surface area contributed by atoms with E-state index in [1.807, 2.05) is 6.92 Å². The summed E-state index contributed by atoms with van der Waals surface area (Å²) in [6.07, 6.45) is 0.632. The number of non-ortho nitro benzene ring substituents is 1. The second-order valence-corrected chi connectivity index (χ2v) is 4.98. The van der Waals surface area contributed by atoms with E-state index in [0.717, 1.165) is 5.56 Å². The van der Waals surface area contributed by atoms with Gasteiger partial charge in [-0.2, -0.15) is 0 Å². The molecule has 0 radical (unpaired) electrons. The smallest absolute Gasteiger partial charge is 0.269 e. The van der Waals surface area contributed by atoms with Gasteiger partial charge in [0.1, 0.15) is 5.60 Å². The van der Waals surface area contributed by atoms with Gasteiger partial charge >= 0.3 is 0 Å². The fraction of sp³-hybridized carbons (Fsp3) is 0.538. The van der Waals surface area contributed by atoms with E-state index in [0.29, 0.717) is 26.2 Å². The van der Waals surface area contributed by atoms with Gasteiger partial charge in [-0.3, -0.25) is 10.1 Å². The van der Waals surface area contributed by atoms with Crippen molar-refractivity contribution in [3.05, 3.63) is 39.9 Å². The van der Waals surface area contributed by atoms with Crippen LogP contribution in [0.5, 0.6) is 0 Å². The summed E-state index contributed by atoms with van der Waals surface area (Å²) in [5.41, 5.74) is 0.238. The Hall–Kier alpha value is -1.50. The predicted octanol–water partition coefficient (Wildman–Crippen LogP) is 1.40. The minimum Gasteiger partial charge on any atom is -0.386 e. The monoisotopic (exact) mass is 266 g/mol. The molecular weight excluding hydrogens is 248 g/mol. The fourth-order valence-electron chi connectivity index (χ4n) is 2.08. The van der Waals surface area contributed by atoms with Crippen molar-refractivity contribution in [3.8, 4) is 0 Å². The first-order valence-corrected chi connectivity index (χ1v) is 6.28. The molecule has 2 rings (SSSR count). The third-order valence-electron chi connectivity index (χ3n) is 3.42. The molecule has 104 valence electrons. The number of nitrogens with zero attached hydrogens (tertiary/aromatic N) is 1. The second kappa shape index (κ2) is 5.64. The number of rotatable bonds is 5. The van der Waals surface area contributed by atoms with E-state index >= 15 is 0 Å². The minimum absolute atomic E-state index is 0.0189. The van der Waals surface area contributed by atoms with Crippen LogP contribution in [0.15, 0.2) is 24.3 Å². The average Bonchev–Trinajstić information content (AvgIpc) is 2.83. The van der Waals surface area contributed by atoms with E-state index in [9.17, 15) is 15.2 Å².